The van der Waals surface area contributed by atoms with Crippen molar-refractivity contribution in [1.82, 2.24) is 20.3 Å². The number of carbonyl (C=O) groups excluding carboxylic acids is 1. The molecule has 28 heavy (non-hydrogen) atoms. The van der Waals surface area contributed by atoms with Gasteiger partial charge in [0.1, 0.15) is 0 Å². The fraction of sp³-hybridized carbons (Fsp3) is 0.150. The third-order valence-electron chi connectivity index (χ3n) is 4.33. The maximum absolute atomic E-state index is 13.3. The van der Waals surface area contributed by atoms with Gasteiger partial charge >= 0.3 is 0 Å². The number of aromatic nitrogens is 3. The second-order valence-corrected chi connectivity index (χ2v) is 6.24. The van der Waals surface area contributed by atoms with E-state index in [-0.39, 0.29) is 11.5 Å². The normalized spacial score (nSPS) is 11.1. The molecule has 1 N–H and O–H groups in total. The average Bonchev–Trinajstić information content (AvgIpc) is 3.35. The molecular weight excluding hydrogens is 366 g/mol. The lowest BCUT2D eigenvalue weighted by Gasteiger charge is -2.04. The highest BCUT2D eigenvalue weighted by atomic mass is 19.2. The van der Waals surface area contributed by atoms with Crippen molar-refractivity contribution in [2.45, 2.75) is 13.0 Å². The second kappa shape index (κ2) is 7.59. The molecule has 4 rings (SSSR count). The van der Waals surface area contributed by atoms with Crippen molar-refractivity contribution >= 4 is 16.8 Å². The summed E-state index contributed by atoms with van der Waals surface area (Å²) in [6.07, 6.45) is 2.49. The van der Waals surface area contributed by atoms with E-state index in [2.05, 4.69) is 15.6 Å². The van der Waals surface area contributed by atoms with Crippen LogP contribution >= 0.6 is 0 Å². The first-order valence-electron chi connectivity index (χ1n) is 8.73. The van der Waals surface area contributed by atoms with E-state index in [0.717, 1.165) is 23.0 Å². The van der Waals surface area contributed by atoms with Crippen molar-refractivity contribution in [1.29, 1.82) is 0 Å². The zero-order chi connectivity index (χ0) is 19.5. The molecule has 1 amide bonds. The van der Waals surface area contributed by atoms with Crippen LogP contribution in [0.5, 0.6) is 0 Å². The molecular formula is C20H16F2N4O2. The van der Waals surface area contributed by atoms with Gasteiger partial charge in [0.2, 0.25) is 0 Å². The molecule has 4 aromatic rings. The molecule has 0 bridgehead atoms. The second-order valence-electron chi connectivity index (χ2n) is 6.24. The summed E-state index contributed by atoms with van der Waals surface area (Å²) in [6, 6.07) is 12.6. The molecule has 2 aromatic heterocycles. The molecule has 0 unspecified atom stereocenters. The molecule has 142 valence electrons. The maximum Gasteiger partial charge on any atom is 0.273 e. The van der Waals surface area contributed by atoms with Crippen LogP contribution in [-0.4, -0.2) is 27.4 Å². The molecule has 0 saturated heterocycles. The number of nitrogens with zero attached hydrogens (tertiary/aromatic N) is 3. The van der Waals surface area contributed by atoms with Crippen molar-refractivity contribution in [3.8, 4) is 11.3 Å². The Morgan fingerprint density at radius 1 is 1.11 bits per heavy atom. The zero-order valence-corrected chi connectivity index (χ0v) is 14.7. The summed E-state index contributed by atoms with van der Waals surface area (Å²) in [7, 11) is 0. The largest absolute Gasteiger partial charge is 0.355 e. The SMILES string of the molecule is O=C(NCCCn1ncc2ccccc21)c1cc(-c2ccc(F)c(F)c2)on1. The topological polar surface area (TPSA) is 73.0 Å². The Morgan fingerprint density at radius 3 is 2.82 bits per heavy atom. The van der Waals surface area contributed by atoms with Crippen LogP contribution in [0, 0.1) is 11.6 Å². The van der Waals surface area contributed by atoms with Crippen LogP contribution in [0.4, 0.5) is 8.78 Å². The molecule has 0 aliphatic heterocycles. The van der Waals surface area contributed by atoms with Gasteiger partial charge in [-0.15, -0.1) is 0 Å². The predicted octanol–water partition coefficient (Wildman–Crippen LogP) is 3.79. The Morgan fingerprint density at radius 2 is 1.96 bits per heavy atom. The van der Waals surface area contributed by atoms with Gasteiger partial charge in [0.15, 0.2) is 23.1 Å². The molecule has 0 radical (unpaired) electrons. The van der Waals surface area contributed by atoms with Gasteiger partial charge in [0, 0.05) is 30.1 Å². The minimum absolute atomic E-state index is 0.0734. The van der Waals surface area contributed by atoms with Gasteiger partial charge in [-0.2, -0.15) is 5.10 Å². The monoisotopic (exact) mass is 382 g/mol. The van der Waals surface area contributed by atoms with Crippen LogP contribution in [0.25, 0.3) is 22.2 Å². The molecule has 0 fully saturated rings. The number of halogens is 2. The molecule has 8 heteroatoms. The number of fused-ring (bicyclic) bond motifs is 1. The predicted molar refractivity (Wildman–Crippen MR) is 98.5 cm³/mol. The summed E-state index contributed by atoms with van der Waals surface area (Å²) in [4.78, 5) is 12.2. The first-order chi connectivity index (χ1) is 13.6. The number of hydrogen-bond acceptors (Lipinski definition) is 4. The van der Waals surface area contributed by atoms with Crippen LogP contribution in [0.2, 0.25) is 0 Å². The van der Waals surface area contributed by atoms with E-state index in [1.54, 1.807) is 0 Å². The Balaban J connectivity index is 1.33. The summed E-state index contributed by atoms with van der Waals surface area (Å²) < 4.78 is 33.3. The third kappa shape index (κ3) is 3.62. The van der Waals surface area contributed by atoms with Gasteiger partial charge in [0.25, 0.3) is 5.91 Å². The summed E-state index contributed by atoms with van der Waals surface area (Å²) in [6.45, 7) is 1.09. The van der Waals surface area contributed by atoms with E-state index in [0.29, 0.717) is 25.1 Å². The number of amides is 1. The lowest BCUT2D eigenvalue weighted by atomic mass is 10.1. The lowest BCUT2D eigenvalue weighted by molar-refractivity contribution is 0.0943. The number of nitrogens with one attached hydrogen (secondary N) is 1. The van der Waals surface area contributed by atoms with Gasteiger partial charge in [-0.05, 0) is 30.7 Å². The highest BCUT2D eigenvalue weighted by Gasteiger charge is 2.14. The van der Waals surface area contributed by atoms with Gasteiger partial charge in [-0.25, -0.2) is 8.78 Å². The Kier molecular flexibility index (Phi) is 4.84. The summed E-state index contributed by atoms with van der Waals surface area (Å²) in [5, 5.41) is 11.9. The lowest BCUT2D eigenvalue weighted by Crippen LogP contribution is -2.25. The molecule has 0 saturated carbocycles. The van der Waals surface area contributed by atoms with Gasteiger partial charge in [0.05, 0.1) is 11.7 Å². The maximum atomic E-state index is 13.3. The van der Waals surface area contributed by atoms with Crippen molar-refractivity contribution in [3.63, 3.8) is 0 Å². The third-order valence-corrected chi connectivity index (χ3v) is 4.33. The molecule has 0 aliphatic carbocycles. The van der Waals surface area contributed by atoms with E-state index < -0.39 is 17.5 Å². The van der Waals surface area contributed by atoms with Crippen LogP contribution in [0.15, 0.2) is 59.3 Å². The quantitative estimate of drug-likeness (QED) is 0.515. The van der Waals surface area contributed by atoms with E-state index in [1.165, 1.54) is 12.1 Å². The van der Waals surface area contributed by atoms with Crippen molar-refractivity contribution in [2.75, 3.05) is 6.54 Å². The standard InChI is InChI=1S/C20H16F2N4O2/c21-15-7-6-13(10-16(15)22)19-11-17(25-28-19)20(27)23-8-3-9-26-18-5-2-1-4-14(18)12-24-26/h1-2,4-7,10-12H,3,8-9H2,(H,23,27). The summed E-state index contributed by atoms with van der Waals surface area (Å²) >= 11 is 0. The molecule has 2 heterocycles. The number of rotatable bonds is 6. The van der Waals surface area contributed by atoms with Crippen molar-refractivity contribution < 1.29 is 18.1 Å². The number of aryl methyl sites for hydroxylation is 1. The number of benzene rings is 2. The van der Waals surface area contributed by atoms with Gasteiger partial charge in [-0.1, -0.05) is 23.4 Å². The first kappa shape index (κ1) is 17.8. The number of hydrogen-bond donors (Lipinski definition) is 1. The Bertz CT molecular complexity index is 1140. The minimum Gasteiger partial charge on any atom is -0.355 e. The van der Waals surface area contributed by atoms with Crippen LogP contribution in [-0.2, 0) is 6.54 Å². The van der Waals surface area contributed by atoms with E-state index in [9.17, 15) is 13.6 Å². The summed E-state index contributed by atoms with van der Waals surface area (Å²) in [5.41, 5.74) is 1.42. The highest BCUT2D eigenvalue weighted by Crippen LogP contribution is 2.22. The van der Waals surface area contributed by atoms with Crippen LogP contribution < -0.4 is 5.32 Å². The number of para-hydroxylation sites is 1. The minimum atomic E-state index is -0.994. The van der Waals surface area contributed by atoms with Crippen molar-refractivity contribution in [3.05, 3.63) is 72.1 Å². The van der Waals surface area contributed by atoms with Crippen LogP contribution in [0.3, 0.4) is 0 Å². The fourth-order valence-electron chi connectivity index (χ4n) is 2.89. The Labute approximate surface area is 158 Å². The van der Waals surface area contributed by atoms with Gasteiger partial charge in [-0.3, -0.25) is 9.48 Å². The molecule has 0 spiro atoms. The molecule has 2 aromatic carbocycles. The zero-order valence-electron chi connectivity index (χ0n) is 14.7. The Hall–Kier alpha value is -3.55. The molecule has 0 aliphatic rings. The van der Waals surface area contributed by atoms with Gasteiger partial charge < -0.3 is 9.84 Å². The number of carbonyl (C=O) groups is 1. The average molecular weight is 382 g/mol. The molecule has 6 nitrogen and oxygen atoms in total. The molecule has 0 atom stereocenters. The van der Waals surface area contributed by atoms with Crippen molar-refractivity contribution in [2.24, 2.45) is 0 Å². The van der Waals surface area contributed by atoms with E-state index in [4.69, 9.17) is 4.52 Å². The first-order valence-corrected chi connectivity index (χ1v) is 8.73. The fourth-order valence-corrected chi connectivity index (χ4v) is 2.89. The smallest absolute Gasteiger partial charge is 0.273 e. The van der Waals surface area contributed by atoms with E-state index >= 15 is 0 Å². The highest BCUT2D eigenvalue weighted by molar-refractivity contribution is 5.93. The van der Waals surface area contributed by atoms with E-state index in [1.807, 2.05) is 35.1 Å². The van der Waals surface area contributed by atoms with Crippen LogP contribution in [0.1, 0.15) is 16.9 Å². The summed E-state index contributed by atoms with van der Waals surface area (Å²) in [5.74, 6) is -2.16.